The third-order valence-electron chi connectivity index (χ3n) is 6.69. The Morgan fingerprint density at radius 1 is 1.03 bits per heavy atom. The second kappa shape index (κ2) is 8.22. The van der Waals surface area contributed by atoms with Crippen molar-refractivity contribution in [3.63, 3.8) is 0 Å². The van der Waals surface area contributed by atoms with Gasteiger partial charge in [0, 0.05) is 49.4 Å². The number of benzene rings is 2. The van der Waals surface area contributed by atoms with Crippen molar-refractivity contribution < 1.29 is 9.59 Å². The van der Waals surface area contributed by atoms with E-state index in [2.05, 4.69) is 29.2 Å². The maximum Gasteiger partial charge on any atom is 0.253 e. The molecule has 5 rings (SSSR count). The average Bonchev–Trinajstić information content (AvgIpc) is 3.37. The summed E-state index contributed by atoms with van der Waals surface area (Å²) in [4.78, 5) is 32.6. The number of hydrogen-bond donors (Lipinski definition) is 1. The SMILES string of the molecule is CCN(C[C@@H]1CCN(C(=O)C2CC2)C1)C(=O)c1ccc(-c2ccc3cc[nH]c3c2)cc1. The van der Waals surface area contributed by atoms with Crippen molar-refractivity contribution in [1.82, 2.24) is 14.8 Å². The van der Waals surface area contributed by atoms with Gasteiger partial charge >= 0.3 is 0 Å². The fourth-order valence-corrected chi connectivity index (χ4v) is 4.65. The molecule has 2 fully saturated rings. The minimum Gasteiger partial charge on any atom is -0.361 e. The molecule has 1 aromatic heterocycles. The number of amides is 2. The summed E-state index contributed by atoms with van der Waals surface area (Å²) >= 11 is 0. The fraction of sp³-hybridized carbons (Fsp3) is 0.385. The molecular weight excluding hydrogens is 386 g/mol. The van der Waals surface area contributed by atoms with Gasteiger partial charge in [0.25, 0.3) is 5.91 Å². The molecule has 1 aliphatic carbocycles. The van der Waals surface area contributed by atoms with Crippen LogP contribution in [0.2, 0.25) is 0 Å². The van der Waals surface area contributed by atoms with E-state index in [1.54, 1.807) is 0 Å². The topological polar surface area (TPSA) is 56.4 Å². The largest absolute Gasteiger partial charge is 0.361 e. The van der Waals surface area contributed by atoms with Crippen LogP contribution in [0.15, 0.2) is 54.7 Å². The third-order valence-corrected chi connectivity index (χ3v) is 6.69. The molecule has 3 aromatic rings. The predicted octanol–water partition coefficient (Wildman–Crippen LogP) is 4.56. The van der Waals surface area contributed by atoms with Crippen LogP contribution in [0.5, 0.6) is 0 Å². The van der Waals surface area contributed by atoms with Crippen molar-refractivity contribution >= 4 is 22.7 Å². The first-order chi connectivity index (χ1) is 15.1. The number of carbonyl (C=O) groups excluding carboxylic acids is 2. The highest BCUT2D eigenvalue weighted by atomic mass is 16.2. The highest BCUT2D eigenvalue weighted by molar-refractivity contribution is 5.95. The molecule has 160 valence electrons. The van der Waals surface area contributed by atoms with Gasteiger partial charge in [-0.05, 0) is 72.9 Å². The standard InChI is InChI=1S/C26H29N3O2/c1-2-28(16-18-12-14-29(17-18)26(31)22-8-9-22)25(30)21-6-3-19(4-7-21)23-10-5-20-11-13-27-24(20)15-23/h3-7,10-11,13,15,18,22,27H,2,8-9,12,14,16-17H2,1H3/t18-/m0/s1. The second-order valence-electron chi connectivity index (χ2n) is 8.91. The van der Waals surface area contributed by atoms with Gasteiger partial charge in [-0.2, -0.15) is 0 Å². The lowest BCUT2D eigenvalue weighted by atomic mass is 10.0. The smallest absolute Gasteiger partial charge is 0.253 e. The summed E-state index contributed by atoms with van der Waals surface area (Å²) < 4.78 is 0. The molecule has 0 bridgehead atoms. The highest BCUT2D eigenvalue weighted by Gasteiger charge is 2.37. The van der Waals surface area contributed by atoms with E-state index in [4.69, 9.17) is 0 Å². The normalized spacial score (nSPS) is 18.5. The first kappa shape index (κ1) is 19.9. The Bertz CT molecular complexity index is 1100. The maximum absolute atomic E-state index is 13.1. The number of H-pyrrole nitrogens is 1. The first-order valence-corrected chi connectivity index (χ1v) is 11.4. The number of carbonyl (C=O) groups is 2. The van der Waals surface area contributed by atoms with Gasteiger partial charge < -0.3 is 14.8 Å². The Hall–Kier alpha value is -3.08. The molecule has 0 unspecified atom stereocenters. The van der Waals surface area contributed by atoms with Gasteiger partial charge in [0.2, 0.25) is 5.91 Å². The molecule has 2 heterocycles. The number of nitrogens with one attached hydrogen (secondary N) is 1. The first-order valence-electron chi connectivity index (χ1n) is 11.4. The summed E-state index contributed by atoms with van der Waals surface area (Å²) in [6, 6.07) is 16.3. The molecule has 1 aliphatic heterocycles. The lowest BCUT2D eigenvalue weighted by Gasteiger charge is -2.25. The molecule has 5 heteroatoms. The monoisotopic (exact) mass is 415 g/mol. The van der Waals surface area contributed by atoms with Gasteiger partial charge in [0.05, 0.1) is 0 Å². The highest BCUT2D eigenvalue weighted by Crippen LogP contribution is 2.33. The number of hydrogen-bond acceptors (Lipinski definition) is 2. The van der Waals surface area contributed by atoms with E-state index >= 15 is 0 Å². The van der Waals surface area contributed by atoms with Gasteiger partial charge in [0.1, 0.15) is 0 Å². The zero-order valence-corrected chi connectivity index (χ0v) is 18.0. The summed E-state index contributed by atoms with van der Waals surface area (Å²) in [5, 5.41) is 1.19. The zero-order valence-electron chi connectivity index (χ0n) is 18.0. The van der Waals surface area contributed by atoms with Crippen LogP contribution in [0, 0.1) is 11.8 Å². The molecular formula is C26H29N3O2. The van der Waals surface area contributed by atoms with Crippen LogP contribution in [0.4, 0.5) is 0 Å². The molecule has 2 aliphatic rings. The number of likely N-dealkylation sites (tertiary alicyclic amines) is 1. The van der Waals surface area contributed by atoms with Crippen LogP contribution in [0.25, 0.3) is 22.0 Å². The van der Waals surface area contributed by atoms with Crippen molar-refractivity contribution in [1.29, 1.82) is 0 Å². The van der Waals surface area contributed by atoms with E-state index < -0.39 is 0 Å². The van der Waals surface area contributed by atoms with Crippen molar-refractivity contribution in [3.8, 4) is 11.1 Å². The minimum atomic E-state index is 0.0702. The molecule has 31 heavy (non-hydrogen) atoms. The molecule has 1 atom stereocenters. The Morgan fingerprint density at radius 3 is 2.55 bits per heavy atom. The van der Waals surface area contributed by atoms with Gasteiger partial charge in [0.15, 0.2) is 0 Å². The maximum atomic E-state index is 13.1. The summed E-state index contributed by atoms with van der Waals surface area (Å²) in [5.74, 6) is 1.04. The van der Waals surface area contributed by atoms with E-state index in [0.29, 0.717) is 18.4 Å². The summed E-state index contributed by atoms with van der Waals surface area (Å²) in [6.45, 7) is 5.05. The fourth-order valence-electron chi connectivity index (χ4n) is 4.65. The number of aromatic nitrogens is 1. The van der Waals surface area contributed by atoms with Crippen LogP contribution in [0.1, 0.15) is 36.5 Å². The lowest BCUT2D eigenvalue weighted by molar-refractivity contribution is -0.131. The summed E-state index contributed by atoms with van der Waals surface area (Å²) in [5.41, 5.74) is 4.06. The van der Waals surface area contributed by atoms with Gasteiger partial charge in [-0.3, -0.25) is 9.59 Å². The Morgan fingerprint density at radius 2 is 1.81 bits per heavy atom. The summed E-state index contributed by atoms with van der Waals surface area (Å²) in [6.07, 6.45) is 5.03. The van der Waals surface area contributed by atoms with Crippen LogP contribution in [-0.2, 0) is 4.79 Å². The lowest BCUT2D eigenvalue weighted by Crippen LogP contribution is -2.37. The Kier molecular flexibility index (Phi) is 5.26. The van der Waals surface area contributed by atoms with Crippen molar-refractivity contribution in [2.45, 2.75) is 26.2 Å². The molecule has 0 radical (unpaired) electrons. The minimum absolute atomic E-state index is 0.0702. The Balaban J connectivity index is 1.24. The van der Waals surface area contributed by atoms with Gasteiger partial charge in [-0.1, -0.05) is 24.3 Å². The van der Waals surface area contributed by atoms with E-state index in [9.17, 15) is 9.59 Å². The van der Waals surface area contributed by atoms with Crippen molar-refractivity contribution in [3.05, 3.63) is 60.3 Å². The number of nitrogens with zero attached hydrogens (tertiary/aromatic N) is 2. The Labute approximate surface area is 183 Å². The molecule has 0 spiro atoms. The van der Waals surface area contributed by atoms with E-state index in [1.165, 1.54) is 5.39 Å². The van der Waals surface area contributed by atoms with Crippen LogP contribution in [-0.4, -0.2) is 52.8 Å². The van der Waals surface area contributed by atoms with E-state index in [0.717, 1.165) is 61.1 Å². The van der Waals surface area contributed by atoms with E-state index in [1.807, 2.05) is 47.2 Å². The zero-order chi connectivity index (χ0) is 21.4. The molecule has 1 saturated heterocycles. The van der Waals surface area contributed by atoms with Crippen LogP contribution >= 0.6 is 0 Å². The summed E-state index contributed by atoms with van der Waals surface area (Å²) in [7, 11) is 0. The van der Waals surface area contributed by atoms with E-state index in [-0.39, 0.29) is 11.8 Å². The van der Waals surface area contributed by atoms with Gasteiger partial charge in [-0.25, -0.2) is 0 Å². The number of fused-ring (bicyclic) bond motifs is 1. The second-order valence-corrected chi connectivity index (χ2v) is 8.91. The van der Waals surface area contributed by atoms with Crippen LogP contribution in [0.3, 0.4) is 0 Å². The van der Waals surface area contributed by atoms with Crippen molar-refractivity contribution in [2.24, 2.45) is 11.8 Å². The predicted molar refractivity (Wildman–Crippen MR) is 123 cm³/mol. The molecule has 2 aromatic carbocycles. The molecule has 5 nitrogen and oxygen atoms in total. The quantitative estimate of drug-likeness (QED) is 0.642. The molecule has 1 N–H and O–H groups in total. The van der Waals surface area contributed by atoms with Crippen LogP contribution < -0.4 is 0 Å². The molecule has 2 amide bonds. The number of aromatic amines is 1. The number of rotatable bonds is 6. The van der Waals surface area contributed by atoms with Gasteiger partial charge in [-0.15, -0.1) is 0 Å². The van der Waals surface area contributed by atoms with Crippen molar-refractivity contribution in [2.75, 3.05) is 26.2 Å². The molecule has 1 saturated carbocycles. The third kappa shape index (κ3) is 4.09. The average molecular weight is 416 g/mol.